The molecule has 3 aromatic rings. The van der Waals surface area contributed by atoms with Crippen LogP contribution in [0.5, 0.6) is 5.75 Å². The van der Waals surface area contributed by atoms with Gasteiger partial charge in [0, 0.05) is 30.8 Å². The van der Waals surface area contributed by atoms with Crippen LogP contribution in [0.4, 0.5) is 25.8 Å². The highest BCUT2D eigenvalue weighted by Crippen LogP contribution is 2.18. The van der Waals surface area contributed by atoms with E-state index in [1.165, 1.54) is 43.3 Å². The summed E-state index contributed by atoms with van der Waals surface area (Å²) in [7, 11) is 0. The van der Waals surface area contributed by atoms with Crippen molar-refractivity contribution in [2.45, 2.75) is 57.3 Å². The van der Waals surface area contributed by atoms with Gasteiger partial charge in [0.05, 0.1) is 4.92 Å². The number of anilines is 1. The number of rotatable bonds is 22. The summed E-state index contributed by atoms with van der Waals surface area (Å²) in [5.41, 5.74) is 1.44. The van der Waals surface area contributed by atoms with Crippen LogP contribution in [0.1, 0.15) is 37.3 Å². The molecule has 18 nitrogen and oxygen atoms in total. The van der Waals surface area contributed by atoms with Crippen molar-refractivity contribution in [3.8, 4) is 5.75 Å². The van der Waals surface area contributed by atoms with Crippen molar-refractivity contribution in [2.75, 3.05) is 25.1 Å². The zero-order chi connectivity index (χ0) is 42.3. The van der Waals surface area contributed by atoms with Gasteiger partial charge in [-0.05, 0) is 61.6 Å². The fraction of sp³-hybridized carbons (Fsp3) is 0.300. The van der Waals surface area contributed by atoms with Crippen LogP contribution in [-0.4, -0.2) is 78.9 Å². The van der Waals surface area contributed by atoms with Crippen molar-refractivity contribution in [1.29, 1.82) is 0 Å². The summed E-state index contributed by atoms with van der Waals surface area (Å²) in [6, 6.07) is 16.7. The molecule has 0 heterocycles. The molecule has 308 valence electrons. The number of amides is 5. The smallest absolute Gasteiger partial charge is 0.445 e. The minimum absolute atomic E-state index is 0.0415. The molecule has 18 heteroatoms. The number of non-ortho nitro benzene ring substituents is 1. The summed E-state index contributed by atoms with van der Waals surface area (Å²) in [6.45, 7) is 8.39. The molecule has 58 heavy (non-hydrogen) atoms. The lowest BCUT2D eigenvalue weighted by atomic mass is 10.0. The number of hydrogen-bond donors (Lipinski definition) is 5. The summed E-state index contributed by atoms with van der Waals surface area (Å²) < 4.78 is 19.9. The van der Waals surface area contributed by atoms with Crippen LogP contribution in [0.3, 0.4) is 0 Å². The lowest BCUT2D eigenvalue weighted by molar-refractivity contribution is -0.384. The summed E-state index contributed by atoms with van der Waals surface area (Å²) in [5.74, 6) is -1.87. The Kier molecular flexibility index (Phi) is 18.9. The first-order valence-electron chi connectivity index (χ1n) is 18.1. The molecule has 3 atom stereocenters. The number of alkyl carbamates (subject to hydrolysis) is 2. The van der Waals surface area contributed by atoms with Crippen LogP contribution < -0.4 is 31.3 Å². The van der Waals surface area contributed by atoms with Gasteiger partial charge in [-0.2, -0.15) is 0 Å². The summed E-state index contributed by atoms with van der Waals surface area (Å²) in [4.78, 5) is 86.9. The van der Waals surface area contributed by atoms with Gasteiger partial charge in [-0.15, -0.1) is 0 Å². The molecular weight excluding hydrogens is 756 g/mol. The van der Waals surface area contributed by atoms with E-state index in [1.54, 1.807) is 54.6 Å². The summed E-state index contributed by atoms with van der Waals surface area (Å²) in [6.07, 6.45) is 1.29. The molecule has 0 radical (unpaired) electrons. The SMILES string of the molecule is C=CCOC(=O)NCCCCC(NC(=O)C(Cc1ccccc1)NC(=O)C(C)NC(=O)OCC=C)C(=O)Nc1ccc(COC(=O)Oc2ccc([N+](=O)[O-])cc2)cc1. The van der Waals surface area contributed by atoms with Crippen LogP contribution in [0.25, 0.3) is 0 Å². The van der Waals surface area contributed by atoms with E-state index in [2.05, 4.69) is 39.7 Å². The van der Waals surface area contributed by atoms with Crippen LogP contribution in [0, 0.1) is 10.1 Å². The number of benzene rings is 3. The molecule has 0 saturated carbocycles. The number of nitro benzene ring substituents is 1. The zero-order valence-electron chi connectivity index (χ0n) is 31.8. The minimum Gasteiger partial charge on any atom is -0.445 e. The van der Waals surface area contributed by atoms with E-state index in [0.29, 0.717) is 29.7 Å². The molecule has 0 aromatic heterocycles. The summed E-state index contributed by atoms with van der Waals surface area (Å²) >= 11 is 0. The molecule has 0 aliphatic heterocycles. The molecule has 0 aliphatic rings. The molecule has 3 rings (SSSR count). The normalized spacial score (nSPS) is 11.9. The quantitative estimate of drug-likeness (QED) is 0.0174. The molecule has 3 aromatic carbocycles. The first kappa shape index (κ1) is 45.2. The number of ether oxygens (including phenoxy) is 4. The van der Waals surface area contributed by atoms with Crippen molar-refractivity contribution in [3.05, 3.63) is 125 Å². The van der Waals surface area contributed by atoms with Gasteiger partial charge in [0.2, 0.25) is 17.7 Å². The highest BCUT2D eigenvalue weighted by molar-refractivity contribution is 5.98. The number of carbonyl (C=O) groups is 6. The molecule has 0 fully saturated rings. The molecule has 0 spiro atoms. The molecule has 0 saturated heterocycles. The van der Waals surface area contributed by atoms with Crippen LogP contribution >= 0.6 is 0 Å². The molecule has 3 unspecified atom stereocenters. The maximum absolute atomic E-state index is 13.9. The van der Waals surface area contributed by atoms with Crippen molar-refractivity contribution in [2.24, 2.45) is 0 Å². The van der Waals surface area contributed by atoms with Crippen LogP contribution in [0.2, 0.25) is 0 Å². The first-order valence-corrected chi connectivity index (χ1v) is 18.1. The Hall–Kier alpha value is -7.24. The Morgan fingerprint density at radius 3 is 2.00 bits per heavy atom. The van der Waals surface area contributed by atoms with Gasteiger partial charge in [-0.3, -0.25) is 24.5 Å². The zero-order valence-corrected chi connectivity index (χ0v) is 31.8. The van der Waals surface area contributed by atoms with E-state index in [1.807, 2.05) is 0 Å². The fourth-order valence-electron chi connectivity index (χ4n) is 4.98. The largest absolute Gasteiger partial charge is 0.514 e. The Morgan fingerprint density at radius 2 is 1.36 bits per heavy atom. The van der Waals surface area contributed by atoms with Crippen LogP contribution in [0.15, 0.2) is 104 Å². The molecular formula is C40H46N6O12. The lowest BCUT2D eigenvalue weighted by Gasteiger charge is -2.25. The van der Waals surface area contributed by atoms with Gasteiger partial charge >= 0.3 is 18.3 Å². The molecule has 5 N–H and O–H groups in total. The Balaban J connectivity index is 1.69. The second-order valence-electron chi connectivity index (χ2n) is 12.5. The summed E-state index contributed by atoms with van der Waals surface area (Å²) in [5, 5.41) is 24.0. The van der Waals surface area contributed by atoms with Gasteiger partial charge < -0.3 is 45.5 Å². The van der Waals surface area contributed by atoms with Crippen molar-refractivity contribution in [3.63, 3.8) is 0 Å². The molecule has 0 aliphatic carbocycles. The highest BCUT2D eigenvalue weighted by Gasteiger charge is 2.29. The molecule has 0 bridgehead atoms. The van der Waals surface area contributed by atoms with E-state index < -0.39 is 59.1 Å². The predicted molar refractivity (Wildman–Crippen MR) is 211 cm³/mol. The topological polar surface area (TPSA) is 243 Å². The Morgan fingerprint density at radius 1 is 0.724 bits per heavy atom. The fourth-order valence-corrected chi connectivity index (χ4v) is 4.98. The van der Waals surface area contributed by atoms with Gasteiger partial charge in [-0.25, -0.2) is 14.4 Å². The van der Waals surface area contributed by atoms with E-state index >= 15 is 0 Å². The van der Waals surface area contributed by atoms with E-state index in [-0.39, 0.29) is 50.6 Å². The highest BCUT2D eigenvalue weighted by atomic mass is 16.7. The Labute approximate surface area is 334 Å². The number of carbonyl (C=O) groups excluding carboxylic acids is 6. The number of nitro groups is 1. The third-order valence-electron chi connectivity index (χ3n) is 7.96. The first-order chi connectivity index (χ1) is 27.9. The number of nitrogens with one attached hydrogen (secondary N) is 5. The predicted octanol–water partition coefficient (Wildman–Crippen LogP) is 4.84. The van der Waals surface area contributed by atoms with Gasteiger partial charge in [0.1, 0.15) is 43.7 Å². The van der Waals surface area contributed by atoms with Gasteiger partial charge in [0.25, 0.3) is 5.69 Å². The lowest BCUT2D eigenvalue weighted by Crippen LogP contribution is -2.56. The van der Waals surface area contributed by atoms with Gasteiger partial charge in [-0.1, -0.05) is 67.8 Å². The standard InChI is InChI=1S/C40H46N6O12/c1-4-23-55-38(50)41-22-10-9-13-33(44-37(49)34(25-28-11-7-6-8-12-28)45-35(47)27(3)42-39(51)56-24-5-2)36(48)43-30-16-14-29(15-17-30)26-57-40(52)58-32-20-18-31(19-21-32)46(53)54/h4-8,11-12,14-21,27,33-34H,1-2,9-10,13,22-26H2,3H3,(H,41,50)(H,42,51)(H,43,48)(H,44,49)(H,45,47). The van der Waals surface area contributed by atoms with Crippen molar-refractivity contribution < 1.29 is 52.6 Å². The average Bonchev–Trinajstić information content (AvgIpc) is 3.21. The van der Waals surface area contributed by atoms with E-state index in [4.69, 9.17) is 18.9 Å². The van der Waals surface area contributed by atoms with Crippen LogP contribution in [-0.2, 0) is 41.6 Å². The second-order valence-corrected chi connectivity index (χ2v) is 12.5. The third-order valence-corrected chi connectivity index (χ3v) is 7.96. The molecule has 5 amide bonds. The van der Waals surface area contributed by atoms with E-state index in [9.17, 15) is 38.9 Å². The van der Waals surface area contributed by atoms with Crippen molar-refractivity contribution in [1.82, 2.24) is 21.3 Å². The monoisotopic (exact) mass is 802 g/mol. The second kappa shape index (κ2) is 24.3. The number of hydrogen-bond acceptors (Lipinski definition) is 12. The average molecular weight is 803 g/mol. The van der Waals surface area contributed by atoms with Gasteiger partial charge in [0.15, 0.2) is 0 Å². The van der Waals surface area contributed by atoms with E-state index in [0.717, 1.165) is 0 Å². The minimum atomic E-state index is -1.16. The van der Waals surface area contributed by atoms with Crippen molar-refractivity contribution >= 4 is 47.4 Å². The maximum Gasteiger partial charge on any atom is 0.514 e. The third kappa shape index (κ3) is 16.6. The number of nitrogens with zero attached hydrogens (tertiary/aromatic N) is 1. The maximum atomic E-state index is 13.9. The Bertz CT molecular complexity index is 1870. The number of unbranched alkanes of at least 4 members (excludes halogenated alkanes) is 1.